The average Bonchev–Trinajstić information content (AvgIpc) is 3.14. The lowest BCUT2D eigenvalue weighted by atomic mass is 9.94. The molecule has 2 aromatic rings. The number of aryl methyl sites for hydroxylation is 1. The number of halogens is 3. The van der Waals surface area contributed by atoms with Crippen molar-refractivity contribution in [3.63, 3.8) is 0 Å². The van der Waals surface area contributed by atoms with Gasteiger partial charge in [-0.1, -0.05) is 12.1 Å². The molecule has 4 nitrogen and oxygen atoms in total. The highest BCUT2D eigenvalue weighted by Gasteiger charge is 2.57. The Balaban J connectivity index is 1.28. The van der Waals surface area contributed by atoms with Crippen molar-refractivity contribution in [3.8, 4) is 11.5 Å². The fourth-order valence-electron chi connectivity index (χ4n) is 4.76. The van der Waals surface area contributed by atoms with E-state index < -0.39 is 11.8 Å². The number of ether oxygens (including phenoxy) is 2. The molecule has 0 radical (unpaired) electrons. The lowest BCUT2D eigenvalue weighted by molar-refractivity contribution is -0.119. The van der Waals surface area contributed by atoms with Gasteiger partial charge in [-0.25, -0.2) is 13.2 Å². The SMILES string of the molecule is CC(=O)NC(C)c1ccc(O[C@@H]2CC[C@@H](Cc3c(C)cc(OCC4CC4(F)F)cc3F)C2)cc1. The second kappa shape index (κ2) is 9.88. The van der Waals surface area contributed by atoms with E-state index in [0.29, 0.717) is 23.7 Å². The molecule has 2 aromatic carbocycles. The molecule has 0 heterocycles. The summed E-state index contributed by atoms with van der Waals surface area (Å²) in [5.41, 5.74) is 2.45. The molecule has 2 aliphatic rings. The van der Waals surface area contributed by atoms with Gasteiger partial charge in [0.25, 0.3) is 5.92 Å². The molecule has 2 aliphatic carbocycles. The molecule has 7 heteroatoms. The zero-order valence-electron chi connectivity index (χ0n) is 19.9. The normalized spacial score (nSPS) is 23.9. The van der Waals surface area contributed by atoms with E-state index in [1.54, 1.807) is 6.07 Å². The van der Waals surface area contributed by atoms with Crippen LogP contribution in [0.15, 0.2) is 36.4 Å². The first-order valence-corrected chi connectivity index (χ1v) is 11.9. The van der Waals surface area contributed by atoms with Gasteiger partial charge in [-0.15, -0.1) is 0 Å². The Morgan fingerprint density at radius 2 is 1.88 bits per heavy atom. The van der Waals surface area contributed by atoms with Crippen molar-refractivity contribution >= 4 is 5.91 Å². The van der Waals surface area contributed by atoms with E-state index in [1.165, 1.54) is 13.0 Å². The van der Waals surface area contributed by atoms with Crippen molar-refractivity contribution in [3.05, 3.63) is 58.9 Å². The van der Waals surface area contributed by atoms with Gasteiger partial charge in [0.2, 0.25) is 5.91 Å². The standard InChI is InChI=1S/C27H32F3NO3/c1-16-10-24(33-15-21-14-27(21,29)30)13-26(28)25(16)12-19-4-7-23(11-19)34-22-8-5-20(6-9-22)17(2)31-18(3)32/h5-6,8-10,13,17,19,21,23H,4,7,11-12,14-15H2,1-3H3,(H,31,32)/t17?,19-,21?,23-/m1/s1. The van der Waals surface area contributed by atoms with Crippen LogP contribution in [0.1, 0.15) is 62.3 Å². The van der Waals surface area contributed by atoms with Gasteiger partial charge in [0.05, 0.1) is 24.7 Å². The lowest BCUT2D eigenvalue weighted by Crippen LogP contribution is -2.23. The third kappa shape index (κ3) is 6.05. The Morgan fingerprint density at radius 1 is 1.18 bits per heavy atom. The van der Waals surface area contributed by atoms with Crippen molar-refractivity contribution in [2.45, 2.75) is 70.9 Å². The molecule has 0 aromatic heterocycles. The average molecular weight is 476 g/mol. The second-order valence-corrected chi connectivity index (χ2v) is 9.79. The number of nitrogens with one attached hydrogen (secondary N) is 1. The molecule has 2 fully saturated rings. The van der Waals surface area contributed by atoms with Crippen molar-refractivity contribution in [1.82, 2.24) is 5.32 Å². The quantitative estimate of drug-likeness (QED) is 0.473. The molecule has 0 spiro atoms. The minimum absolute atomic E-state index is 0.0630. The summed E-state index contributed by atoms with van der Waals surface area (Å²) in [6, 6.07) is 10.7. The molecule has 34 heavy (non-hydrogen) atoms. The summed E-state index contributed by atoms with van der Waals surface area (Å²) in [6.07, 6.45) is 3.25. The van der Waals surface area contributed by atoms with Crippen LogP contribution in [0.5, 0.6) is 11.5 Å². The molecule has 2 saturated carbocycles. The number of carbonyl (C=O) groups excluding carboxylic acids is 1. The van der Waals surface area contributed by atoms with Crippen LogP contribution in [-0.4, -0.2) is 24.5 Å². The highest BCUT2D eigenvalue weighted by atomic mass is 19.3. The van der Waals surface area contributed by atoms with E-state index in [-0.39, 0.29) is 36.9 Å². The van der Waals surface area contributed by atoms with Gasteiger partial charge < -0.3 is 14.8 Å². The van der Waals surface area contributed by atoms with Gasteiger partial charge in [-0.3, -0.25) is 4.79 Å². The number of rotatable bonds is 9. The van der Waals surface area contributed by atoms with Crippen LogP contribution in [0.25, 0.3) is 0 Å². The zero-order valence-corrected chi connectivity index (χ0v) is 19.9. The van der Waals surface area contributed by atoms with E-state index >= 15 is 0 Å². The summed E-state index contributed by atoms with van der Waals surface area (Å²) in [5.74, 6) is -2.40. The first kappa shape index (κ1) is 24.4. The topological polar surface area (TPSA) is 47.6 Å². The predicted octanol–water partition coefficient (Wildman–Crippen LogP) is 6.16. The molecule has 1 N–H and O–H groups in total. The van der Waals surface area contributed by atoms with Crippen LogP contribution in [0.4, 0.5) is 13.2 Å². The van der Waals surface area contributed by atoms with Crippen LogP contribution >= 0.6 is 0 Å². The second-order valence-electron chi connectivity index (χ2n) is 9.79. The molecule has 2 unspecified atom stereocenters. The van der Waals surface area contributed by atoms with E-state index in [1.807, 2.05) is 38.1 Å². The molecule has 0 bridgehead atoms. The Morgan fingerprint density at radius 3 is 2.50 bits per heavy atom. The Bertz CT molecular complexity index is 1000. The van der Waals surface area contributed by atoms with Gasteiger partial charge in [-0.05, 0) is 80.3 Å². The number of hydrogen-bond acceptors (Lipinski definition) is 3. The van der Waals surface area contributed by atoms with Gasteiger partial charge in [0, 0.05) is 19.4 Å². The number of hydrogen-bond donors (Lipinski definition) is 1. The first-order chi connectivity index (χ1) is 16.1. The molecular weight excluding hydrogens is 443 g/mol. The van der Waals surface area contributed by atoms with E-state index in [9.17, 15) is 18.0 Å². The summed E-state index contributed by atoms with van der Waals surface area (Å²) in [7, 11) is 0. The largest absolute Gasteiger partial charge is 0.493 e. The Hall–Kier alpha value is -2.70. The van der Waals surface area contributed by atoms with Crippen molar-refractivity contribution < 1.29 is 27.4 Å². The van der Waals surface area contributed by atoms with Crippen molar-refractivity contribution in [2.24, 2.45) is 11.8 Å². The fourth-order valence-corrected chi connectivity index (χ4v) is 4.76. The maximum Gasteiger partial charge on any atom is 0.255 e. The van der Waals surface area contributed by atoms with Crippen molar-refractivity contribution in [2.75, 3.05) is 6.61 Å². The molecule has 4 atom stereocenters. The summed E-state index contributed by atoms with van der Waals surface area (Å²) >= 11 is 0. The number of amides is 1. The third-order valence-corrected chi connectivity index (χ3v) is 6.89. The Kier molecular flexibility index (Phi) is 7.10. The summed E-state index contributed by atoms with van der Waals surface area (Å²) in [4.78, 5) is 11.2. The highest BCUT2D eigenvalue weighted by molar-refractivity contribution is 5.73. The number of benzene rings is 2. The monoisotopic (exact) mass is 475 g/mol. The summed E-state index contributed by atoms with van der Waals surface area (Å²) in [5, 5.41) is 2.86. The fraction of sp³-hybridized carbons (Fsp3) is 0.519. The molecule has 184 valence electrons. The number of alkyl halides is 2. The van der Waals surface area contributed by atoms with Gasteiger partial charge in [0.1, 0.15) is 17.3 Å². The minimum atomic E-state index is -2.64. The highest BCUT2D eigenvalue weighted by Crippen LogP contribution is 2.48. The lowest BCUT2D eigenvalue weighted by Gasteiger charge is -2.17. The minimum Gasteiger partial charge on any atom is -0.493 e. The molecular formula is C27H32F3NO3. The zero-order chi connectivity index (χ0) is 24.5. The third-order valence-electron chi connectivity index (χ3n) is 6.89. The van der Waals surface area contributed by atoms with E-state index in [4.69, 9.17) is 9.47 Å². The van der Waals surface area contributed by atoms with Crippen LogP contribution in [0.3, 0.4) is 0 Å². The van der Waals surface area contributed by atoms with E-state index in [0.717, 1.165) is 36.1 Å². The summed E-state index contributed by atoms with van der Waals surface area (Å²) in [6.45, 7) is 5.19. The van der Waals surface area contributed by atoms with Crippen LogP contribution in [-0.2, 0) is 11.2 Å². The van der Waals surface area contributed by atoms with Crippen LogP contribution < -0.4 is 14.8 Å². The molecule has 0 saturated heterocycles. The molecule has 0 aliphatic heterocycles. The molecule has 1 amide bonds. The molecule has 4 rings (SSSR count). The number of carbonyl (C=O) groups is 1. The summed E-state index contributed by atoms with van der Waals surface area (Å²) < 4.78 is 52.4. The predicted molar refractivity (Wildman–Crippen MR) is 124 cm³/mol. The Labute approximate surface area is 198 Å². The smallest absolute Gasteiger partial charge is 0.255 e. The maximum absolute atomic E-state index is 14.8. The maximum atomic E-state index is 14.8. The van der Waals surface area contributed by atoms with Crippen LogP contribution in [0.2, 0.25) is 0 Å². The first-order valence-electron chi connectivity index (χ1n) is 11.9. The van der Waals surface area contributed by atoms with Gasteiger partial charge in [0.15, 0.2) is 0 Å². The van der Waals surface area contributed by atoms with Gasteiger partial charge in [-0.2, -0.15) is 0 Å². The van der Waals surface area contributed by atoms with Crippen LogP contribution in [0, 0.1) is 24.6 Å². The van der Waals surface area contributed by atoms with Gasteiger partial charge >= 0.3 is 0 Å². The van der Waals surface area contributed by atoms with E-state index in [2.05, 4.69) is 5.32 Å². The van der Waals surface area contributed by atoms with Crippen molar-refractivity contribution in [1.29, 1.82) is 0 Å².